The Labute approximate surface area is 115 Å². The van der Waals surface area contributed by atoms with Gasteiger partial charge in [0.05, 0.1) is 17.5 Å². The number of halogens is 4. The maximum atomic E-state index is 12.8. The van der Waals surface area contributed by atoms with Crippen molar-refractivity contribution in [1.29, 1.82) is 0 Å². The van der Waals surface area contributed by atoms with E-state index in [1.165, 1.54) is 23.0 Å². The van der Waals surface area contributed by atoms with Crippen LogP contribution >= 0.6 is 15.9 Å². The summed E-state index contributed by atoms with van der Waals surface area (Å²) in [5.41, 5.74) is -0.243. The highest BCUT2D eigenvalue weighted by Crippen LogP contribution is 2.38. The highest BCUT2D eigenvalue weighted by atomic mass is 79.9. The molecule has 2 rings (SSSR count). The Morgan fingerprint density at radius 3 is 2.68 bits per heavy atom. The van der Waals surface area contributed by atoms with Gasteiger partial charge in [0.2, 0.25) is 0 Å². The molecule has 0 aliphatic rings. The molecular weight excluding hydrogens is 327 g/mol. The Balaban J connectivity index is 2.23. The fourth-order valence-electron chi connectivity index (χ4n) is 1.44. The van der Waals surface area contributed by atoms with Gasteiger partial charge in [0, 0.05) is 11.5 Å². The molecule has 0 aliphatic carbocycles. The van der Waals surface area contributed by atoms with Gasteiger partial charge in [-0.3, -0.25) is 0 Å². The van der Waals surface area contributed by atoms with E-state index < -0.39 is 11.7 Å². The summed E-state index contributed by atoms with van der Waals surface area (Å²) in [6.45, 7) is -0.0335. The number of hydrogen-bond donors (Lipinski definition) is 0. The molecule has 4 nitrogen and oxygen atoms in total. The largest absolute Gasteiger partial charge is 0.487 e. The molecule has 0 radical (unpaired) electrons. The number of ether oxygens (including phenoxy) is 1. The molecule has 0 fully saturated rings. The van der Waals surface area contributed by atoms with Gasteiger partial charge in [0.15, 0.2) is 0 Å². The summed E-state index contributed by atoms with van der Waals surface area (Å²) in [4.78, 5) is 0. The molecule has 1 aromatic carbocycles. The average molecular weight is 336 g/mol. The second-order valence-electron chi connectivity index (χ2n) is 3.78. The van der Waals surface area contributed by atoms with Gasteiger partial charge in [0.1, 0.15) is 12.4 Å². The number of benzene rings is 1. The lowest BCUT2D eigenvalue weighted by atomic mass is 10.2. The summed E-state index contributed by atoms with van der Waals surface area (Å²) >= 11 is 3.01. The molecule has 102 valence electrons. The Kier molecular flexibility index (Phi) is 3.79. The van der Waals surface area contributed by atoms with Crippen molar-refractivity contribution in [2.45, 2.75) is 12.8 Å². The molecule has 0 saturated carbocycles. The fourth-order valence-corrected chi connectivity index (χ4v) is 1.80. The first-order chi connectivity index (χ1) is 8.88. The summed E-state index contributed by atoms with van der Waals surface area (Å²) in [7, 11) is 1.64. The van der Waals surface area contributed by atoms with Crippen molar-refractivity contribution < 1.29 is 17.9 Å². The molecule has 2 aromatic rings. The summed E-state index contributed by atoms with van der Waals surface area (Å²) in [6, 6.07) is 3.75. The standard InChI is InChI=1S/C11H9BrF3N3O/c1-18-8(5-16-17-18)6-19-10-3-2-7(12)4-9(10)11(13,14)15/h2-5H,6H2,1H3. The van der Waals surface area contributed by atoms with Gasteiger partial charge in [-0.05, 0) is 18.2 Å². The minimum Gasteiger partial charge on any atom is -0.487 e. The van der Waals surface area contributed by atoms with Crippen molar-refractivity contribution in [3.63, 3.8) is 0 Å². The first kappa shape index (κ1) is 13.9. The van der Waals surface area contributed by atoms with E-state index in [4.69, 9.17) is 4.74 Å². The predicted octanol–water partition coefficient (Wildman–Crippen LogP) is 3.18. The van der Waals surface area contributed by atoms with Gasteiger partial charge in [-0.1, -0.05) is 21.1 Å². The third-order valence-electron chi connectivity index (χ3n) is 2.43. The Hall–Kier alpha value is -1.57. The van der Waals surface area contributed by atoms with Crippen LogP contribution in [0.4, 0.5) is 13.2 Å². The van der Waals surface area contributed by atoms with Crippen molar-refractivity contribution in [2.24, 2.45) is 7.05 Å². The number of aromatic nitrogens is 3. The lowest BCUT2D eigenvalue weighted by Gasteiger charge is -2.14. The molecule has 8 heteroatoms. The van der Waals surface area contributed by atoms with E-state index >= 15 is 0 Å². The van der Waals surface area contributed by atoms with Crippen molar-refractivity contribution in [1.82, 2.24) is 15.0 Å². The molecule has 0 aliphatic heterocycles. The second kappa shape index (κ2) is 5.20. The van der Waals surface area contributed by atoms with E-state index in [0.29, 0.717) is 10.2 Å². The maximum absolute atomic E-state index is 12.8. The number of alkyl halides is 3. The lowest BCUT2D eigenvalue weighted by Crippen LogP contribution is -2.10. The van der Waals surface area contributed by atoms with Crippen LogP contribution in [-0.2, 0) is 19.8 Å². The maximum Gasteiger partial charge on any atom is 0.420 e. The van der Waals surface area contributed by atoms with E-state index in [9.17, 15) is 13.2 Å². The van der Waals surface area contributed by atoms with E-state index in [1.807, 2.05) is 0 Å². The zero-order valence-corrected chi connectivity index (χ0v) is 11.4. The van der Waals surface area contributed by atoms with Crippen LogP contribution in [0.15, 0.2) is 28.9 Å². The molecule has 0 N–H and O–H groups in total. The third kappa shape index (κ3) is 3.25. The number of rotatable bonds is 3. The average Bonchev–Trinajstić information content (AvgIpc) is 2.72. The van der Waals surface area contributed by atoms with Crippen LogP contribution in [0.25, 0.3) is 0 Å². The Morgan fingerprint density at radius 1 is 1.37 bits per heavy atom. The van der Waals surface area contributed by atoms with E-state index in [-0.39, 0.29) is 12.4 Å². The number of aryl methyl sites for hydroxylation is 1. The highest BCUT2D eigenvalue weighted by molar-refractivity contribution is 9.10. The predicted molar refractivity (Wildman–Crippen MR) is 64.5 cm³/mol. The second-order valence-corrected chi connectivity index (χ2v) is 4.69. The van der Waals surface area contributed by atoms with Gasteiger partial charge < -0.3 is 4.74 Å². The van der Waals surface area contributed by atoms with Crippen LogP contribution in [0.1, 0.15) is 11.3 Å². The molecule has 0 saturated heterocycles. The Morgan fingerprint density at radius 2 is 2.11 bits per heavy atom. The van der Waals surface area contributed by atoms with Crippen LogP contribution in [0.2, 0.25) is 0 Å². The van der Waals surface area contributed by atoms with Crippen LogP contribution in [-0.4, -0.2) is 15.0 Å². The van der Waals surface area contributed by atoms with Crippen molar-refractivity contribution in [3.8, 4) is 5.75 Å². The molecular formula is C11H9BrF3N3O. The molecule has 19 heavy (non-hydrogen) atoms. The Bertz CT molecular complexity index is 583. The lowest BCUT2D eigenvalue weighted by molar-refractivity contribution is -0.139. The van der Waals surface area contributed by atoms with Gasteiger partial charge >= 0.3 is 6.18 Å². The van der Waals surface area contributed by atoms with E-state index in [0.717, 1.165) is 6.07 Å². The number of nitrogens with zero attached hydrogens (tertiary/aromatic N) is 3. The van der Waals surface area contributed by atoms with Crippen LogP contribution < -0.4 is 4.74 Å². The smallest absolute Gasteiger partial charge is 0.420 e. The van der Waals surface area contributed by atoms with Crippen LogP contribution in [0, 0.1) is 0 Å². The first-order valence-electron chi connectivity index (χ1n) is 5.21. The topological polar surface area (TPSA) is 39.9 Å². The molecule has 0 bridgehead atoms. The van der Waals surface area contributed by atoms with E-state index in [1.54, 1.807) is 7.05 Å². The van der Waals surface area contributed by atoms with Crippen molar-refractivity contribution in [2.75, 3.05) is 0 Å². The third-order valence-corrected chi connectivity index (χ3v) is 2.92. The van der Waals surface area contributed by atoms with Crippen molar-refractivity contribution >= 4 is 15.9 Å². The zero-order valence-electron chi connectivity index (χ0n) is 9.78. The van der Waals surface area contributed by atoms with Crippen LogP contribution in [0.3, 0.4) is 0 Å². The van der Waals surface area contributed by atoms with E-state index in [2.05, 4.69) is 26.2 Å². The van der Waals surface area contributed by atoms with Crippen LogP contribution in [0.5, 0.6) is 5.75 Å². The molecule has 1 heterocycles. The van der Waals surface area contributed by atoms with Gasteiger partial charge in [-0.25, -0.2) is 4.68 Å². The monoisotopic (exact) mass is 335 g/mol. The minimum atomic E-state index is -4.47. The van der Waals surface area contributed by atoms with Gasteiger partial charge in [-0.15, -0.1) is 5.10 Å². The summed E-state index contributed by atoms with van der Waals surface area (Å²) in [5.74, 6) is -0.225. The normalized spacial score (nSPS) is 11.6. The fraction of sp³-hybridized carbons (Fsp3) is 0.273. The highest BCUT2D eigenvalue weighted by Gasteiger charge is 2.34. The minimum absolute atomic E-state index is 0.0335. The summed E-state index contributed by atoms with van der Waals surface area (Å²) in [5, 5.41) is 7.29. The zero-order chi connectivity index (χ0) is 14.0. The first-order valence-corrected chi connectivity index (χ1v) is 6.00. The SMILES string of the molecule is Cn1nncc1COc1ccc(Br)cc1C(F)(F)F. The quantitative estimate of drug-likeness (QED) is 0.864. The summed E-state index contributed by atoms with van der Waals surface area (Å²) < 4.78 is 45.5. The molecule has 0 spiro atoms. The molecule has 0 unspecified atom stereocenters. The van der Waals surface area contributed by atoms with Gasteiger partial charge in [0.25, 0.3) is 0 Å². The molecule has 0 amide bonds. The van der Waals surface area contributed by atoms with Crippen molar-refractivity contribution in [3.05, 3.63) is 40.1 Å². The number of hydrogen-bond acceptors (Lipinski definition) is 3. The summed E-state index contributed by atoms with van der Waals surface area (Å²) in [6.07, 6.45) is -3.03. The van der Waals surface area contributed by atoms with Gasteiger partial charge in [-0.2, -0.15) is 13.2 Å². The molecule has 1 aromatic heterocycles. The molecule has 0 atom stereocenters.